The smallest absolute Gasteiger partial charge is 0.165 e. The highest BCUT2D eigenvalue weighted by Crippen LogP contribution is 2.33. The van der Waals surface area contributed by atoms with E-state index in [4.69, 9.17) is 17.3 Å². The van der Waals surface area contributed by atoms with Crippen molar-refractivity contribution in [3.63, 3.8) is 0 Å². The van der Waals surface area contributed by atoms with Gasteiger partial charge in [0.2, 0.25) is 0 Å². The number of hydrogen-bond acceptors (Lipinski definition) is 2. The summed E-state index contributed by atoms with van der Waals surface area (Å²) in [5.41, 5.74) is 7.46. The van der Waals surface area contributed by atoms with Crippen LogP contribution in [-0.4, -0.2) is 7.99 Å². The van der Waals surface area contributed by atoms with Gasteiger partial charge in [0, 0.05) is 5.56 Å². The van der Waals surface area contributed by atoms with Gasteiger partial charge in [-0.2, -0.15) is 0 Å². The zero-order chi connectivity index (χ0) is 10.1. The van der Waals surface area contributed by atoms with E-state index >= 15 is 0 Å². The lowest BCUT2D eigenvalue weighted by Gasteiger charge is -1.99. The number of nitrogens with zero attached hydrogens (tertiary/aromatic N) is 2. The van der Waals surface area contributed by atoms with E-state index < -0.39 is 0 Å². The number of benzene rings is 1. The van der Waals surface area contributed by atoms with Gasteiger partial charge in [0.25, 0.3) is 0 Å². The molecule has 5 heteroatoms. The monoisotopic (exact) mass is 319 g/mol. The average molecular weight is 320 g/mol. The highest BCUT2D eigenvalue weighted by molar-refractivity contribution is 14.1. The Bertz CT molecular complexity index is 453. The van der Waals surface area contributed by atoms with Gasteiger partial charge < -0.3 is 5.73 Å². The first kappa shape index (κ1) is 9.79. The number of nitrogens with two attached hydrogens (primary N) is 1. The Morgan fingerprint density at radius 1 is 1.29 bits per heavy atom. The predicted octanol–water partition coefficient (Wildman–Crippen LogP) is 2.98. The first-order valence-corrected chi connectivity index (χ1v) is 5.30. The summed E-state index contributed by atoms with van der Waals surface area (Å²) in [7, 11) is 0. The van der Waals surface area contributed by atoms with Crippen molar-refractivity contribution in [1.82, 2.24) is 7.99 Å². The minimum Gasteiger partial charge on any atom is -0.381 e. The molecule has 0 aliphatic heterocycles. The maximum absolute atomic E-state index is 6.04. The minimum atomic E-state index is 0.361. The molecule has 2 rings (SSSR count). The van der Waals surface area contributed by atoms with Gasteiger partial charge in [-0.3, -0.25) is 0 Å². The standard InChI is InChI=1S/C9H7ClIN3/c10-7-8(14(11)13-9(7)12)6-4-2-1-3-5-6/h1-5H,(H2,12,13). The molecule has 0 saturated heterocycles. The SMILES string of the molecule is Nc1nn(I)c(-c2ccccc2)c1Cl. The molecule has 0 amide bonds. The van der Waals surface area contributed by atoms with E-state index in [0.717, 1.165) is 11.3 Å². The highest BCUT2D eigenvalue weighted by atomic mass is 127. The predicted molar refractivity (Wildman–Crippen MR) is 66.5 cm³/mol. The molecule has 0 aliphatic rings. The minimum absolute atomic E-state index is 0.361. The summed E-state index contributed by atoms with van der Waals surface area (Å²) < 4.78 is 1.66. The van der Waals surface area contributed by atoms with E-state index in [1.165, 1.54) is 0 Å². The topological polar surface area (TPSA) is 43.8 Å². The van der Waals surface area contributed by atoms with Crippen molar-refractivity contribution in [2.75, 3.05) is 5.73 Å². The largest absolute Gasteiger partial charge is 0.381 e. The van der Waals surface area contributed by atoms with Crippen molar-refractivity contribution in [2.24, 2.45) is 0 Å². The molecule has 0 bridgehead atoms. The molecular formula is C9H7ClIN3. The van der Waals surface area contributed by atoms with Crippen LogP contribution < -0.4 is 5.73 Å². The van der Waals surface area contributed by atoms with Crippen LogP contribution in [0.4, 0.5) is 5.82 Å². The summed E-state index contributed by atoms with van der Waals surface area (Å²) in [6.45, 7) is 0. The van der Waals surface area contributed by atoms with Crippen molar-refractivity contribution in [3.8, 4) is 11.3 Å². The van der Waals surface area contributed by atoms with Crippen molar-refractivity contribution in [3.05, 3.63) is 35.4 Å². The summed E-state index contributed by atoms with van der Waals surface area (Å²) in [6.07, 6.45) is 0. The molecule has 0 aliphatic carbocycles. The van der Waals surface area contributed by atoms with Crippen LogP contribution in [0.5, 0.6) is 0 Å². The molecule has 72 valence electrons. The Kier molecular flexibility index (Phi) is 2.64. The Balaban J connectivity index is 2.62. The van der Waals surface area contributed by atoms with E-state index in [1.54, 1.807) is 2.90 Å². The number of aromatic nitrogens is 2. The maximum atomic E-state index is 6.04. The zero-order valence-electron chi connectivity index (χ0n) is 7.11. The van der Waals surface area contributed by atoms with Crippen LogP contribution in [0.3, 0.4) is 0 Å². The number of hydrogen-bond donors (Lipinski definition) is 1. The fourth-order valence-electron chi connectivity index (χ4n) is 1.22. The van der Waals surface area contributed by atoms with E-state index in [2.05, 4.69) is 28.0 Å². The fraction of sp³-hybridized carbons (Fsp3) is 0. The van der Waals surface area contributed by atoms with Crippen molar-refractivity contribution in [2.45, 2.75) is 0 Å². The van der Waals surface area contributed by atoms with Crippen molar-refractivity contribution in [1.29, 1.82) is 0 Å². The Labute approximate surface area is 100 Å². The maximum Gasteiger partial charge on any atom is 0.165 e. The van der Waals surface area contributed by atoms with Crippen LogP contribution in [-0.2, 0) is 0 Å². The summed E-state index contributed by atoms with van der Waals surface area (Å²) >= 11 is 8.09. The van der Waals surface area contributed by atoms with Crippen LogP contribution in [0.25, 0.3) is 11.3 Å². The second-order valence-electron chi connectivity index (χ2n) is 2.77. The van der Waals surface area contributed by atoms with Gasteiger partial charge in [-0.25, -0.2) is 2.90 Å². The fourth-order valence-corrected chi connectivity index (χ4v) is 2.34. The zero-order valence-corrected chi connectivity index (χ0v) is 10.0. The van der Waals surface area contributed by atoms with E-state index in [0.29, 0.717) is 10.8 Å². The molecule has 0 radical (unpaired) electrons. The Morgan fingerprint density at radius 3 is 2.43 bits per heavy atom. The number of nitrogen functional groups attached to an aromatic ring is 1. The molecule has 1 aromatic carbocycles. The second kappa shape index (κ2) is 3.78. The molecule has 2 aromatic rings. The van der Waals surface area contributed by atoms with Gasteiger partial charge in [0.05, 0.1) is 22.9 Å². The van der Waals surface area contributed by atoms with Gasteiger partial charge in [0.1, 0.15) is 10.7 Å². The van der Waals surface area contributed by atoms with Crippen LogP contribution >= 0.6 is 34.5 Å². The summed E-state index contributed by atoms with van der Waals surface area (Å²) in [5.74, 6) is 0.361. The van der Waals surface area contributed by atoms with Crippen molar-refractivity contribution < 1.29 is 0 Å². The molecule has 2 N–H and O–H groups in total. The molecule has 0 atom stereocenters. The lowest BCUT2D eigenvalue weighted by molar-refractivity contribution is 1.07. The normalized spacial score (nSPS) is 10.4. The number of anilines is 1. The van der Waals surface area contributed by atoms with Crippen LogP contribution in [0.15, 0.2) is 30.3 Å². The molecule has 0 fully saturated rings. The summed E-state index contributed by atoms with van der Waals surface area (Å²) in [6, 6.07) is 9.79. The molecule has 0 spiro atoms. The van der Waals surface area contributed by atoms with Gasteiger partial charge in [0.15, 0.2) is 5.82 Å². The Morgan fingerprint density at radius 2 is 1.93 bits per heavy atom. The third kappa shape index (κ3) is 1.59. The molecular weight excluding hydrogens is 312 g/mol. The van der Waals surface area contributed by atoms with E-state index in [9.17, 15) is 0 Å². The van der Waals surface area contributed by atoms with Gasteiger partial charge in [-0.15, -0.1) is 5.10 Å². The first-order chi connectivity index (χ1) is 6.70. The molecule has 1 aromatic heterocycles. The third-order valence-corrected chi connectivity index (χ3v) is 2.93. The third-order valence-electron chi connectivity index (χ3n) is 1.86. The van der Waals surface area contributed by atoms with Crippen LogP contribution in [0, 0.1) is 0 Å². The summed E-state index contributed by atoms with van der Waals surface area (Å²) in [5, 5.41) is 4.54. The van der Waals surface area contributed by atoms with Gasteiger partial charge in [-0.1, -0.05) is 41.9 Å². The molecule has 3 nitrogen and oxygen atoms in total. The average Bonchev–Trinajstić information content (AvgIpc) is 2.43. The second-order valence-corrected chi connectivity index (χ2v) is 4.07. The highest BCUT2D eigenvalue weighted by Gasteiger charge is 2.13. The molecule has 1 heterocycles. The lowest BCUT2D eigenvalue weighted by Crippen LogP contribution is -1.87. The lowest BCUT2D eigenvalue weighted by atomic mass is 10.1. The number of halogens is 2. The number of rotatable bonds is 1. The van der Waals surface area contributed by atoms with E-state index in [1.807, 2.05) is 30.3 Å². The van der Waals surface area contributed by atoms with E-state index in [-0.39, 0.29) is 0 Å². The first-order valence-electron chi connectivity index (χ1n) is 3.95. The quantitative estimate of drug-likeness (QED) is 0.821. The van der Waals surface area contributed by atoms with Gasteiger partial charge in [-0.05, 0) is 0 Å². The molecule has 0 saturated carbocycles. The van der Waals surface area contributed by atoms with Gasteiger partial charge >= 0.3 is 0 Å². The van der Waals surface area contributed by atoms with Crippen LogP contribution in [0.1, 0.15) is 0 Å². The molecule has 0 unspecified atom stereocenters. The van der Waals surface area contributed by atoms with Crippen molar-refractivity contribution >= 4 is 40.3 Å². The van der Waals surface area contributed by atoms with Crippen LogP contribution in [0.2, 0.25) is 5.02 Å². The Hall–Kier alpha value is -0.750. The molecule has 14 heavy (non-hydrogen) atoms. The summed E-state index contributed by atoms with van der Waals surface area (Å²) in [4.78, 5) is 0.